The first-order valence-electron chi connectivity index (χ1n) is 10.6. The van der Waals surface area contributed by atoms with Crippen LogP contribution in [0.3, 0.4) is 0 Å². The maximum atomic E-state index is 13.8. The van der Waals surface area contributed by atoms with E-state index in [1.54, 1.807) is 17.3 Å². The molecule has 0 aliphatic carbocycles. The van der Waals surface area contributed by atoms with Crippen molar-refractivity contribution in [3.05, 3.63) is 48.3 Å². The molecule has 1 aliphatic rings. The lowest BCUT2D eigenvalue weighted by Crippen LogP contribution is -2.52. The van der Waals surface area contributed by atoms with Crippen molar-refractivity contribution >= 4 is 42.6 Å². The molecule has 0 spiro atoms. The lowest BCUT2D eigenvalue weighted by atomic mass is 10.0. The molecule has 2 aromatic heterocycles. The van der Waals surface area contributed by atoms with Crippen LogP contribution in [0.25, 0.3) is 10.2 Å². The van der Waals surface area contributed by atoms with E-state index in [0.717, 1.165) is 29.4 Å². The molecule has 0 radical (unpaired) electrons. The number of carbonyl (C=O) groups is 1. The van der Waals surface area contributed by atoms with Crippen LogP contribution in [0.4, 0.5) is 5.13 Å². The summed E-state index contributed by atoms with van der Waals surface area (Å²) < 4.78 is 32.7. The lowest BCUT2D eigenvalue weighted by molar-refractivity contribution is -0.123. The molecular formula is C22H26N4O4S2. The second kappa shape index (κ2) is 9.51. The summed E-state index contributed by atoms with van der Waals surface area (Å²) in [5.74, 6) is 0.396. The topological polar surface area (TPSA) is 92.7 Å². The number of aromatic nitrogens is 2. The lowest BCUT2D eigenvalue weighted by Gasteiger charge is -2.35. The molecule has 8 nitrogen and oxygen atoms in total. The summed E-state index contributed by atoms with van der Waals surface area (Å²) in [5.41, 5.74) is 1.54. The number of rotatable bonds is 7. The molecule has 3 aromatic rings. The number of fused-ring (bicyclic) bond motifs is 1. The summed E-state index contributed by atoms with van der Waals surface area (Å²) in [7, 11) is -3.51. The summed E-state index contributed by atoms with van der Waals surface area (Å²) in [6.45, 7) is 3.03. The average molecular weight is 475 g/mol. The van der Waals surface area contributed by atoms with E-state index >= 15 is 0 Å². The van der Waals surface area contributed by atoms with Gasteiger partial charge in [-0.2, -0.15) is 4.31 Å². The first kappa shape index (κ1) is 22.6. The van der Waals surface area contributed by atoms with Gasteiger partial charge in [0, 0.05) is 18.9 Å². The largest absolute Gasteiger partial charge is 0.492 e. The fraction of sp³-hybridized carbons (Fsp3) is 0.409. The Morgan fingerprint density at radius 3 is 2.84 bits per heavy atom. The summed E-state index contributed by atoms with van der Waals surface area (Å²) in [6.07, 6.45) is 6.58. The molecule has 1 atom stereocenters. The van der Waals surface area contributed by atoms with Crippen molar-refractivity contribution in [2.24, 2.45) is 0 Å². The Morgan fingerprint density at radius 2 is 2.12 bits per heavy atom. The number of benzene rings is 1. The molecule has 170 valence electrons. The fourth-order valence-corrected chi connectivity index (χ4v) is 6.05. The third-order valence-corrected chi connectivity index (χ3v) is 7.73. The minimum atomic E-state index is -3.51. The quantitative estimate of drug-likeness (QED) is 0.521. The SMILES string of the molecule is CCOc1cccc2sc(N(Cc3cccnc3)C(=O)C3CCCCN3S(C)(=O)=O)nc12. The first-order chi connectivity index (χ1) is 15.4. The van der Waals surface area contributed by atoms with Crippen molar-refractivity contribution in [3.8, 4) is 5.75 Å². The van der Waals surface area contributed by atoms with Crippen LogP contribution in [-0.2, 0) is 21.4 Å². The highest BCUT2D eigenvalue weighted by Gasteiger charge is 2.38. The summed E-state index contributed by atoms with van der Waals surface area (Å²) in [5, 5.41) is 0.514. The molecule has 10 heteroatoms. The van der Waals surface area contributed by atoms with Gasteiger partial charge >= 0.3 is 0 Å². The third-order valence-electron chi connectivity index (χ3n) is 5.40. The maximum absolute atomic E-state index is 13.8. The zero-order valence-corrected chi connectivity index (χ0v) is 19.7. The molecular weight excluding hydrogens is 448 g/mol. The van der Waals surface area contributed by atoms with Gasteiger partial charge in [0.15, 0.2) is 5.13 Å². The molecule has 0 bridgehead atoms. The molecule has 3 heterocycles. The smallest absolute Gasteiger partial charge is 0.247 e. The van der Waals surface area contributed by atoms with Crippen molar-refractivity contribution in [2.75, 3.05) is 24.3 Å². The number of hydrogen-bond acceptors (Lipinski definition) is 7. The van der Waals surface area contributed by atoms with Crippen molar-refractivity contribution in [1.29, 1.82) is 0 Å². The van der Waals surface area contributed by atoms with Crippen LogP contribution in [0.15, 0.2) is 42.7 Å². The van der Waals surface area contributed by atoms with Gasteiger partial charge in [-0.15, -0.1) is 0 Å². The number of piperidine rings is 1. The highest BCUT2D eigenvalue weighted by atomic mass is 32.2. The van der Waals surface area contributed by atoms with Gasteiger partial charge < -0.3 is 4.74 Å². The van der Waals surface area contributed by atoms with Gasteiger partial charge in [-0.25, -0.2) is 13.4 Å². The highest BCUT2D eigenvalue weighted by molar-refractivity contribution is 7.88. The van der Waals surface area contributed by atoms with Gasteiger partial charge in [0.05, 0.1) is 24.1 Å². The van der Waals surface area contributed by atoms with Gasteiger partial charge in [0.1, 0.15) is 17.3 Å². The van der Waals surface area contributed by atoms with Crippen LogP contribution < -0.4 is 9.64 Å². The van der Waals surface area contributed by atoms with Crippen LogP contribution in [-0.4, -0.2) is 54.0 Å². The van der Waals surface area contributed by atoms with Crippen molar-refractivity contribution in [3.63, 3.8) is 0 Å². The normalized spacial score (nSPS) is 17.4. The zero-order chi connectivity index (χ0) is 22.7. The second-order valence-corrected chi connectivity index (χ2v) is 10.6. The first-order valence-corrected chi connectivity index (χ1v) is 13.2. The predicted octanol–water partition coefficient (Wildman–Crippen LogP) is 3.44. The van der Waals surface area contributed by atoms with E-state index in [4.69, 9.17) is 9.72 Å². The zero-order valence-electron chi connectivity index (χ0n) is 18.1. The van der Waals surface area contributed by atoms with E-state index < -0.39 is 16.1 Å². The number of sulfonamides is 1. The second-order valence-electron chi connectivity index (χ2n) is 7.70. The standard InChI is InChI=1S/C22H26N4O4S2/c1-3-30-18-10-6-11-19-20(18)24-22(31-19)25(15-16-8-7-12-23-14-16)21(27)17-9-4-5-13-26(17)32(2,28)29/h6-8,10-12,14,17H,3-5,9,13,15H2,1-2H3. The number of ether oxygens (including phenoxy) is 1. The van der Waals surface area contributed by atoms with E-state index in [2.05, 4.69) is 4.98 Å². The number of pyridine rings is 1. The Bertz CT molecular complexity index is 1200. The number of thiazole rings is 1. The van der Waals surface area contributed by atoms with Crippen LogP contribution in [0.1, 0.15) is 31.7 Å². The van der Waals surface area contributed by atoms with Crippen LogP contribution in [0.2, 0.25) is 0 Å². The molecule has 1 aromatic carbocycles. The van der Waals surface area contributed by atoms with Crippen molar-refractivity contribution in [2.45, 2.75) is 38.8 Å². The highest BCUT2D eigenvalue weighted by Crippen LogP contribution is 2.36. The van der Waals surface area contributed by atoms with Crippen molar-refractivity contribution in [1.82, 2.24) is 14.3 Å². The molecule has 1 saturated heterocycles. The Balaban J connectivity index is 1.76. The molecule has 1 unspecified atom stereocenters. The van der Waals surface area contributed by atoms with Gasteiger partial charge in [0.2, 0.25) is 15.9 Å². The summed E-state index contributed by atoms with van der Waals surface area (Å²) in [4.78, 5) is 24.3. The van der Waals surface area contributed by atoms with E-state index in [-0.39, 0.29) is 12.5 Å². The molecule has 4 rings (SSSR count). The Kier molecular flexibility index (Phi) is 6.73. The molecule has 0 saturated carbocycles. The van der Waals surface area contributed by atoms with E-state index in [0.29, 0.717) is 36.0 Å². The molecule has 1 aliphatic heterocycles. The van der Waals surface area contributed by atoms with Gasteiger partial charge in [-0.3, -0.25) is 14.7 Å². The van der Waals surface area contributed by atoms with E-state index in [1.165, 1.54) is 15.6 Å². The number of para-hydroxylation sites is 1. The Labute approximate surface area is 191 Å². The molecule has 0 N–H and O–H groups in total. The van der Waals surface area contributed by atoms with Gasteiger partial charge in [-0.1, -0.05) is 29.9 Å². The van der Waals surface area contributed by atoms with Crippen LogP contribution in [0, 0.1) is 0 Å². The third kappa shape index (κ3) is 4.77. The minimum absolute atomic E-state index is 0.255. The van der Waals surface area contributed by atoms with Crippen LogP contribution in [0.5, 0.6) is 5.75 Å². The minimum Gasteiger partial charge on any atom is -0.492 e. The van der Waals surface area contributed by atoms with Crippen LogP contribution >= 0.6 is 11.3 Å². The number of nitrogens with zero attached hydrogens (tertiary/aromatic N) is 4. The Hall–Kier alpha value is -2.56. The van der Waals surface area contributed by atoms with Gasteiger partial charge in [-0.05, 0) is 43.5 Å². The molecule has 32 heavy (non-hydrogen) atoms. The molecule has 1 amide bonds. The van der Waals surface area contributed by atoms with E-state index in [1.807, 2.05) is 37.3 Å². The van der Waals surface area contributed by atoms with Gasteiger partial charge in [0.25, 0.3) is 0 Å². The van der Waals surface area contributed by atoms with Crippen molar-refractivity contribution < 1.29 is 17.9 Å². The number of amides is 1. The number of carbonyl (C=O) groups excluding carboxylic acids is 1. The maximum Gasteiger partial charge on any atom is 0.247 e. The summed E-state index contributed by atoms with van der Waals surface area (Å²) in [6, 6.07) is 8.65. The number of hydrogen-bond donors (Lipinski definition) is 0. The number of anilines is 1. The fourth-order valence-electron chi connectivity index (χ4n) is 3.94. The molecule has 1 fully saturated rings. The van der Waals surface area contributed by atoms with E-state index in [9.17, 15) is 13.2 Å². The monoisotopic (exact) mass is 474 g/mol. The Morgan fingerprint density at radius 1 is 1.28 bits per heavy atom. The average Bonchev–Trinajstić information content (AvgIpc) is 3.22. The summed E-state index contributed by atoms with van der Waals surface area (Å²) >= 11 is 1.39. The predicted molar refractivity (Wildman–Crippen MR) is 125 cm³/mol.